The van der Waals surface area contributed by atoms with Gasteiger partial charge in [-0.2, -0.15) is 11.3 Å². The van der Waals surface area contributed by atoms with Gasteiger partial charge < -0.3 is 15.7 Å². The highest BCUT2D eigenvalue weighted by Gasteiger charge is 2.05. The Balaban J connectivity index is 0.00000289. The molecule has 6 heteroatoms. The van der Waals surface area contributed by atoms with Crippen molar-refractivity contribution in [2.45, 2.75) is 19.8 Å². The normalized spacial score (nSPS) is 12.7. The number of hydrogen-bond donors (Lipinski definition) is 3. The molecule has 0 aliphatic heterocycles. The Kier molecular flexibility index (Phi) is 10.4. The largest absolute Gasteiger partial charge is 0.395 e. The SMILES string of the molecule is CCNC(=NCC(C)c1ccsc1)NCCO.I. The molecule has 4 nitrogen and oxygen atoms in total. The molecule has 0 aliphatic carbocycles. The number of nitrogens with zero attached hydrogens (tertiary/aromatic N) is 1. The summed E-state index contributed by atoms with van der Waals surface area (Å²) in [6.45, 7) is 6.41. The highest BCUT2D eigenvalue weighted by Crippen LogP contribution is 2.18. The maximum Gasteiger partial charge on any atom is 0.191 e. The molecule has 0 spiro atoms. The lowest BCUT2D eigenvalue weighted by atomic mass is 10.1. The predicted octanol–water partition coefficient (Wildman–Crippen LogP) is 2.02. The second kappa shape index (κ2) is 10.6. The monoisotopic (exact) mass is 383 g/mol. The van der Waals surface area contributed by atoms with Crippen molar-refractivity contribution in [2.75, 3.05) is 26.2 Å². The van der Waals surface area contributed by atoms with Crippen molar-refractivity contribution in [1.29, 1.82) is 0 Å². The topological polar surface area (TPSA) is 56.7 Å². The first-order valence-electron chi connectivity index (χ1n) is 5.93. The van der Waals surface area contributed by atoms with Crippen LogP contribution in [0.1, 0.15) is 25.3 Å². The molecule has 18 heavy (non-hydrogen) atoms. The van der Waals surface area contributed by atoms with Gasteiger partial charge in [-0.3, -0.25) is 4.99 Å². The fraction of sp³-hybridized carbons (Fsp3) is 0.583. The minimum Gasteiger partial charge on any atom is -0.395 e. The summed E-state index contributed by atoms with van der Waals surface area (Å²) in [5, 5.41) is 19.2. The Morgan fingerprint density at radius 1 is 1.50 bits per heavy atom. The maximum atomic E-state index is 8.77. The Morgan fingerprint density at radius 2 is 2.28 bits per heavy atom. The average Bonchev–Trinajstić information content (AvgIpc) is 2.86. The lowest BCUT2D eigenvalue weighted by Crippen LogP contribution is -2.38. The minimum atomic E-state index is 0. The van der Waals surface area contributed by atoms with Crippen molar-refractivity contribution in [3.05, 3.63) is 22.4 Å². The van der Waals surface area contributed by atoms with Crippen LogP contribution in [-0.4, -0.2) is 37.3 Å². The quantitative estimate of drug-likeness (QED) is 0.400. The number of nitrogens with one attached hydrogen (secondary N) is 2. The van der Waals surface area contributed by atoms with E-state index in [-0.39, 0.29) is 30.6 Å². The molecule has 0 fully saturated rings. The second-order valence-electron chi connectivity index (χ2n) is 3.83. The van der Waals surface area contributed by atoms with Gasteiger partial charge in [0.15, 0.2) is 5.96 Å². The number of aliphatic hydroxyl groups excluding tert-OH is 1. The van der Waals surface area contributed by atoms with Crippen LogP contribution in [-0.2, 0) is 0 Å². The van der Waals surface area contributed by atoms with Crippen LogP contribution in [0, 0.1) is 0 Å². The van der Waals surface area contributed by atoms with Crippen LogP contribution >= 0.6 is 35.3 Å². The van der Waals surface area contributed by atoms with E-state index in [4.69, 9.17) is 5.11 Å². The number of guanidine groups is 1. The fourth-order valence-electron chi connectivity index (χ4n) is 1.41. The third kappa shape index (κ3) is 6.55. The number of hydrogen-bond acceptors (Lipinski definition) is 3. The summed E-state index contributed by atoms with van der Waals surface area (Å²) in [7, 11) is 0. The van der Waals surface area contributed by atoms with Gasteiger partial charge >= 0.3 is 0 Å². The van der Waals surface area contributed by atoms with Crippen LogP contribution in [0.2, 0.25) is 0 Å². The zero-order chi connectivity index (χ0) is 12.5. The first-order valence-corrected chi connectivity index (χ1v) is 6.87. The van der Waals surface area contributed by atoms with Crippen LogP contribution in [0.5, 0.6) is 0 Å². The van der Waals surface area contributed by atoms with Gasteiger partial charge in [-0.05, 0) is 29.3 Å². The molecule has 0 radical (unpaired) electrons. The summed E-state index contributed by atoms with van der Waals surface area (Å²) >= 11 is 1.71. The fourth-order valence-corrected chi connectivity index (χ4v) is 2.19. The molecule has 0 bridgehead atoms. The molecule has 104 valence electrons. The number of aliphatic imine (C=N–C) groups is 1. The molecule has 0 amide bonds. The summed E-state index contributed by atoms with van der Waals surface area (Å²) in [5.41, 5.74) is 1.33. The molecular formula is C12H22IN3OS. The maximum absolute atomic E-state index is 8.77. The predicted molar refractivity (Wildman–Crippen MR) is 89.2 cm³/mol. The first kappa shape index (κ1) is 17.7. The van der Waals surface area contributed by atoms with Gasteiger partial charge in [0.25, 0.3) is 0 Å². The number of thiophene rings is 1. The van der Waals surface area contributed by atoms with E-state index < -0.39 is 0 Å². The molecule has 0 aliphatic rings. The molecule has 1 unspecified atom stereocenters. The van der Waals surface area contributed by atoms with Crippen LogP contribution in [0.25, 0.3) is 0 Å². The third-order valence-electron chi connectivity index (χ3n) is 2.38. The molecule has 1 aromatic heterocycles. The molecule has 3 N–H and O–H groups in total. The van der Waals surface area contributed by atoms with Gasteiger partial charge in [0.2, 0.25) is 0 Å². The summed E-state index contributed by atoms with van der Waals surface area (Å²) in [5.74, 6) is 1.19. The minimum absolute atomic E-state index is 0. The van der Waals surface area contributed by atoms with Crippen LogP contribution < -0.4 is 10.6 Å². The molecule has 0 saturated heterocycles. The summed E-state index contributed by atoms with van der Waals surface area (Å²) in [6.07, 6.45) is 0. The molecule has 1 aromatic rings. The molecule has 1 rings (SSSR count). The van der Waals surface area contributed by atoms with Crippen molar-refractivity contribution >= 4 is 41.3 Å². The first-order chi connectivity index (χ1) is 8.27. The lowest BCUT2D eigenvalue weighted by Gasteiger charge is -2.12. The summed E-state index contributed by atoms with van der Waals surface area (Å²) in [6, 6.07) is 2.14. The molecule has 1 atom stereocenters. The van der Waals surface area contributed by atoms with E-state index in [1.165, 1.54) is 5.56 Å². The van der Waals surface area contributed by atoms with Crippen LogP contribution in [0.4, 0.5) is 0 Å². The van der Waals surface area contributed by atoms with Crippen molar-refractivity contribution < 1.29 is 5.11 Å². The highest BCUT2D eigenvalue weighted by atomic mass is 127. The Morgan fingerprint density at radius 3 is 2.83 bits per heavy atom. The Bertz CT molecular complexity index is 330. The van der Waals surface area contributed by atoms with Crippen molar-refractivity contribution in [3.63, 3.8) is 0 Å². The van der Waals surface area contributed by atoms with Gasteiger partial charge in [0.05, 0.1) is 6.61 Å². The summed E-state index contributed by atoms with van der Waals surface area (Å²) < 4.78 is 0. The zero-order valence-electron chi connectivity index (χ0n) is 10.8. The average molecular weight is 383 g/mol. The van der Waals surface area contributed by atoms with Crippen molar-refractivity contribution in [2.24, 2.45) is 4.99 Å². The van der Waals surface area contributed by atoms with E-state index in [2.05, 4.69) is 39.4 Å². The van der Waals surface area contributed by atoms with E-state index in [0.717, 1.165) is 19.0 Å². The zero-order valence-corrected chi connectivity index (χ0v) is 14.0. The third-order valence-corrected chi connectivity index (χ3v) is 3.09. The van der Waals surface area contributed by atoms with E-state index in [9.17, 15) is 0 Å². The number of halogens is 1. The van der Waals surface area contributed by atoms with Gasteiger partial charge in [-0.25, -0.2) is 0 Å². The number of rotatable bonds is 6. The van der Waals surface area contributed by atoms with Gasteiger partial charge in [0.1, 0.15) is 0 Å². The smallest absolute Gasteiger partial charge is 0.191 e. The van der Waals surface area contributed by atoms with Crippen molar-refractivity contribution in [1.82, 2.24) is 10.6 Å². The highest BCUT2D eigenvalue weighted by molar-refractivity contribution is 14.0. The Hall–Kier alpha value is -0.340. The Labute approximate surface area is 130 Å². The van der Waals surface area contributed by atoms with Crippen LogP contribution in [0.15, 0.2) is 21.8 Å². The molecule has 0 aromatic carbocycles. The van der Waals surface area contributed by atoms with Gasteiger partial charge in [-0.1, -0.05) is 6.92 Å². The van der Waals surface area contributed by atoms with Gasteiger partial charge in [-0.15, -0.1) is 24.0 Å². The van der Waals surface area contributed by atoms with Crippen molar-refractivity contribution in [3.8, 4) is 0 Å². The van der Waals surface area contributed by atoms with E-state index in [1.54, 1.807) is 11.3 Å². The van der Waals surface area contributed by atoms with E-state index >= 15 is 0 Å². The molecular weight excluding hydrogens is 361 g/mol. The van der Waals surface area contributed by atoms with Gasteiger partial charge in [0, 0.05) is 25.6 Å². The van der Waals surface area contributed by atoms with Crippen LogP contribution in [0.3, 0.4) is 0 Å². The standard InChI is InChI=1S/C12H21N3OS.HI/c1-3-13-12(14-5-6-16)15-8-10(2)11-4-7-17-9-11;/h4,7,9-10,16H,3,5-6,8H2,1-2H3,(H2,13,14,15);1H. The summed E-state index contributed by atoms with van der Waals surface area (Å²) in [4.78, 5) is 4.49. The van der Waals surface area contributed by atoms with E-state index in [1.807, 2.05) is 6.92 Å². The number of aliphatic hydroxyl groups is 1. The molecule has 0 saturated carbocycles. The van der Waals surface area contributed by atoms with E-state index in [0.29, 0.717) is 12.5 Å². The second-order valence-corrected chi connectivity index (χ2v) is 4.61. The molecule has 1 heterocycles. The lowest BCUT2D eigenvalue weighted by molar-refractivity contribution is 0.300.